The fraction of sp³-hybridized carbons (Fsp3) is 0.600. The second-order valence-electron chi connectivity index (χ2n) is 2.60. The molecule has 0 aliphatic heterocycles. The zero-order chi connectivity index (χ0) is 12.1. The van der Waals surface area contributed by atoms with Crippen LogP contribution in [-0.2, 0) is 14.3 Å². The minimum atomic E-state index is -1.17. The van der Waals surface area contributed by atoms with E-state index in [1.165, 1.54) is 6.92 Å². The van der Waals surface area contributed by atoms with Crippen LogP contribution in [-0.4, -0.2) is 23.8 Å². The van der Waals surface area contributed by atoms with E-state index in [1.807, 2.05) is 0 Å². The zero-order valence-corrected chi connectivity index (χ0v) is 9.19. The largest absolute Gasteiger partial charge is 0.505 e. The van der Waals surface area contributed by atoms with E-state index in [0.29, 0.717) is 6.61 Å². The summed E-state index contributed by atoms with van der Waals surface area (Å²) in [5.74, 6) is -0.329. The summed E-state index contributed by atoms with van der Waals surface area (Å²) in [7, 11) is 0. The lowest BCUT2D eigenvalue weighted by molar-refractivity contribution is -0.135. The Morgan fingerprint density at radius 3 is 2.27 bits per heavy atom. The molecule has 0 fully saturated rings. The second kappa shape index (κ2) is 12.5. The van der Waals surface area contributed by atoms with Crippen molar-refractivity contribution in [2.45, 2.75) is 33.1 Å². The van der Waals surface area contributed by atoms with Crippen LogP contribution in [0.15, 0.2) is 12.8 Å². The molecule has 0 aromatic carbocycles. The molecule has 5 heteroatoms. The first-order valence-corrected chi connectivity index (χ1v) is 4.68. The predicted octanol–water partition coefficient (Wildman–Crippen LogP) is 2.56. The summed E-state index contributed by atoms with van der Waals surface area (Å²) in [4.78, 5) is 19.5. The Hall–Kier alpha value is -1.52. The minimum Gasteiger partial charge on any atom is -0.450 e. The Morgan fingerprint density at radius 1 is 1.40 bits per heavy atom. The molecule has 0 saturated heterocycles. The molecule has 0 atom stereocenters. The fourth-order valence-corrected chi connectivity index (χ4v) is 0.629. The number of hydrogen-bond acceptors (Lipinski definition) is 4. The Labute approximate surface area is 89.7 Å². The first-order valence-electron chi connectivity index (χ1n) is 4.68. The Kier molecular flexibility index (Phi) is 13.3. The first-order chi connectivity index (χ1) is 7.04. The first kappa shape index (κ1) is 15.9. The van der Waals surface area contributed by atoms with Crippen LogP contribution in [0.3, 0.4) is 0 Å². The Bertz CT molecular complexity index is 188. The number of hydrogen-bond donors (Lipinski definition) is 1. The van der Waals surface area contributed by atoms with Crippen LogP contribution in [0.5, 0.6) is 0 Å². The van der Waals surface area contributed by atoms with Crippen molar-refractivity contribution >= 4 is 12.1 Å². The molecule has 0 aromatic heterocycles. The smallest absolute Gasteiger partial charge is 0.450 e. The maximum Gasteiger partial charge on any atom is 0.505 e. The summed E-state index contributed by atoms with van der Waals surface area (Å²) in [6, 6.07) is 0. The van der Waals surface area contributed by atoms with Crippen LogP contribution in [0.25, 0.3) is 0 Å². The molecule has 1 N–H and O–H groups in total. The number of carbonyl (C=O) groups excluding carboxylic acids is 1. The third-order valence-electron chi connectivity index (χ3n) is 1.22. The summed E-state index contributed by atoms with van der Waals surface area (Å²) in [6.45, 7) is 6.87. The lowest BCUT2D eigenvalue weighted by Crippen LogP contribution is -2.00. The monoisotopic (exact) mass is 218 g/mol. The topological polar surface area (TPSA) is 72.8 Å². The van der Waals surface area contributed by atoms with Gasteiger partial charge in [-0.1, -0.05) is 26.3 Å². The van der Waals surface area contributed by atoms with E-state index >= 15 is 0 Å². The van der Waals surface area contributed by atoms with Crippen molar-refractivity contribution in [2.75, 3.05) is 6.61 Å². The minimum absolute atomic E-state index is 0.329. The maximum absolute atomic E-state index is 9.75. The highest BCUT2D eigenvalue weighted by atomic mass is 16.7. The molecule has 5 nitrogen and oxygen atoms in total. The van der Waals surface area contributed by atoms with Crippen molar-refractivity contribution in [3.63, 3.8) is 0 Å². The van der Waals surface area contributed by atoms with Crippen LogP contribution in [0.2, 0.25) is 0 Å². The van der Waals surface area contributed by atoms with Crippen molar-refractivity contribution in [1.82, 2.24) is 0 Å². The molecule has 0 aliphatic rings. The normalized spacial score (nSPS) is 8.13. The quantitative estimate of drug-likeness (QED) is 0.436. The molecule has 0 rings (SSSR count). The summed E-state index contributed by atoms with van der Waals surface area (Å²) in [5.41, 5.74) is 0. The SMILES string of the molecule is C=COC(C)=O.CCCCCOC(=O)O. The van der Waals surface area contributed by atoms with Crippen LogP contribution in [0.1, 0.15) is 33.1 Å². The third kappa shape index (κ3) is 24.5. The van der Waals surface area contributed by atoms with Crippen molar-refractivity contribution in [3.05, 3.63) is 12.8 Å². The molecule has 0 aromatic rings. The molecular weight excluding hydrogens is 200 g/mol. The Morgan fingerprint density at radius 2 is 2.00 bits per heavy atom. The van der Waals surface area contributed by atoms with E-state index < -0.39 is 6.16 Å². The summed E-state index contributed by atoms with van der Waals surface area (Å²) < 4.78 is 8.43. The van der Waals surface area contributed by atoms with Gasteiger partial charge in [0.2, 0.25) is 0 Å². The van der Waals surface area contributed by atoms with E-state index in [4.69, 9.17) is 5.11 Å². The van der Waals surface area contributed by atoms with Crippen molar-refractivity contribution < 1.29 is 24.2 Å². The number of carbonyl (C=O) groups is 2. The third-order valence-corrected chi connectivity index (χ3v) is 1.22. The van der Waals surface area contributed by atoms with Crippen LogP contribution < -0.4 is 0 Å². The molecule has 0 bridgehead atoms. The lowest BCUT2D eigenvalue weighted by atomic mass is 10.3. The van der Waals surface area contributed by atoms with Gasteiger partial charge >= 0.3 is 12.1 Å². The highest BCUT2D eigenvalue weighted by molar-refractivity contribution is 5.66. The molecule has 0 saturated carbocycles. The van der Waals surface area contributed by atoms with Crippen LogP contribution in [0, 0.1) is 0 Å². The summed E-state index contributed by atoms with van der Waals surface area (Å²) in [5, 5.41) is 7.99. The van der Waals surface area contributed by atoms with E-state index in [-0.39, 0.29) is 5.97 Å². The molecule has 0 spiro atoms. The van der Waals surface area contributed by atoms with Crippen LogP contribution in [0.4, 0.5) is 4.79 Å². The summed E-state index contributed by atoms with van der Waals surface area (Å²) >= 11 is 0. The average molecular weight is 218 g/mol. The van der Waals surface area contributed by atoms with Crippen molar-refractivity contribution in [3.8, 4) is 0 Å². The number of unbranched alkanes of at least 4 members (excludes halogenated alkanes) is 2. The molecule has 15 heavy (non-hydrogen) atoms. The number of esters is 1. The lowest BCUT2D eigenvalue weighted by Gasteiger charge is -1.96. The van der Waals surface area contributed by atoms with Gasteiger partial charge < -0.3 is 14.6 Å². The van der Waals surface area contributed by atoms with Gasteiger partial charge in [-0.25, -0.2) is 4.79 Å². The number of carboxylic acid groups (broad SMARTS) is 1. The molecule has 88 valence electrons. The number of ether oxygens (including phenoxy) is 2. The van der Waals surface area contributed by atoms with Gasteiger partial charge in [-0.15, -0.1) is 0 Å². The molecule has 0 unspecified atom stereocenters. The highest BCUT2D eigenvalue weighted by Gasteiger charge is 1.93. The van der Waals surface area contributed by atoms with Gasteiger partial charge in [-0.2, -0.15) is 0 Å². The maximum atomic E-state index is 9.75. The van der Waals surface area contributed by atoms with Gasteiger partial charge in [0, 0.05) is 6.92 Å². The zero-order valence-electron chi connectivity index (χ0n) is 9.19. The van der Waals surface area contributed by atoms with Gasteiger partial charge in [-0.3, -0.25) is 4.79 Å². The Balaban J connectivity index is 0. The van der Waals surface area contributed by atoms with Crippen LogP contribution >= 0.6 is 0 Å². The number of rotatable bonds is 5. The van der Waals surface area contributed by atoms with Gasteiger partial charge in [0.05, 0.1) is 12.9 Å². The van der Waals surface area contributed by atoms with Gasteiger partial charge in [0.25, 0.3) is 0 Å². The van der Waals surface area contributed by atoms with E-state index in [9.17, 15) is 9.59 Å². The second-order valence-corrected chi connectivity index (χ2v) is 2.60. The van der Waals surface area contributed by atoms with E-state index in [1.54, 1.807) is 0 Å². The standard InChI is InChI=1S/C6H12O3.C4H6O2/c1-2-3-4-5-9-6(7)8;1-3-6-4(2)5/h2-5H2,1H3,(H,7,8);3H,1H2,2H3. The van der Waals surface area contributed by atoms with Gasteiger partial charge in [-0.05, 0) is 6.42 Å². The van der Waals surface area contributed by atoms with E-state index in [2.05, 4.69) is 23.0 Å². The highest BCUT2D eigenvalue weighted by Crippen LogP contribution is 1.93. The molecular formula is C10H18O5. The molecule has 0 heterocycles. The summed E-state index contributed by atoms with van der Waals surface area (Å²) in [6.07, 6.45) is 2.88. The average Bonchev–Trinajstić information content (AvgIpc) is 2.13. The molecule has 0 aliphatic carbocycles. The van der Waals surface area contributed by atoms with Gasteiger partial charge in [0.1, 0.15) is 0 Å². The van der Waals surface area contributed by atoms with Crippen molar-refractivity contribution in [1.29, 1.82) is 0 Å². The van der Waals surface area contributed by atoms with Crippen molar-refractivity contribution in [2.24, 2.45) is 0 Å². The molecule has 0 amide bonds. The van der Waals surface area contributed by atoms with E-state index in [0.717, 1.165) is 25.5 Å². The fourth-order valence-electron chi connectivity index (χ4n) is 0.629. The molecule has 0 radical (unpaired) electrons. The predicted molar refractivity (Wildman–Crippen MR) is 55.5 cm³/mol. The van der Waals surface area contributed by atoms with Gasteiger partial charge in [0.15, 0.2) is 0 Å².